The first-order valence-corrected chi connectivity index (χ1v) is 18.1. The van der Waals surface area contributed by atoms with E-state index in [1.807, 2.05) is 20.8 Å². The molecule has 0 fully saturated rings. The Morgan fingerprint density at radius 1 is 0.800 bits per heavy atom. The molecule has 0 rings (SSSR count). The van der Waals surface area contributed by atoms with Crippen LogP contribution in [0.2, 0.25) is 0 Å². The van der Waals surface area contributed by atoms with Gasteiger partial charge in [0.2, 0.25) is 0 Å². The van der Waals surface area contributed by atoms with Crippen molar-refractivity contribution in [3.63, 3.8) is 0 Å². The Kier molecular flexibility index (Phi) is 20.0. The molecule has 0 saturated heterocycles. The van der Waals surface area contributed by atoms with Gasteiger partial charge >= 0.3 is 0 Å². The van der Waals surface area contributed by atoms with Crippen molar-refractivity contribution in [3.8, 4) is 0 Å². The normalized spacial score (nSPS) is 15.4. The zero-order valence-corrected chi connectivity index (χ0v) is 24.4. The fourth-order valence-electron chi connectivity index (χ4n) is 1.79. The molecule has 3 atom stereocenters. The number of rotatable bonds is 11. The topological polar surface area (TPSA) is 90.9 Å². The van der Waals surface area contributed by atoms with E-state index in [9.17, 15) is 13.7 Å². The van der Waals surface area contributed by atoms with Crippen molar-refractivity contribution >= 4 is 22.0 Å². The van der Waals surface area contributed by atoms with Gasteiger partial charge in [0, 0.05) is 59.1 Å². The summed E-state index contributed by atoms with van der Waals surface area (Å²) in [5.74, 6) is 0.862. The Morgan fingerprint density at radius 2 is 1.27 bits per heavy atom. The fraction of sp³-hybridized carbons (Fsp3) is 1.00. The third kappa shape index (κ3) is 33.2. The molecule has 0 saturated carbocycles. The standard InChI is InChI=1S/C7H18NOP.C7H17O3P.C6H15O2P/c1-6(2)7(3)8-10(4,5)9;1-7(5-9-2)6-10-11(3,4)8;1-5-6(2)8-9(3,4)7/h6-7H,1-5H3,(H,8,9);7H,5-6H2,1-4H3;6H,5H2,1-4H3/t;7-;/m.0./s1. The molecule has 2 unspecified atom stereocenters. The quantitative estimate of drug-likeness (QED) is 0.337. The molecule has 0 aromatic rings. The maximum absolute atomic E-state index is 11.2. The molecule has 0 aromatic carbocycles. The largest absolute Gasteiger partial charge is 0.384 e. The minimum absolute atomic E-state index is 0.130. The van der Waals surface area contributed by atoms with Crippen LogP contribution in [-0.4, -0.2) is 72.5 Å². The molecule has 0 bridgehead atoms. The van der Waals surface area contributed by atoms with Gasteiger partial charge < -0.3 is 18.3 Å². The first-order valence-electron chi connectivity index (χ1n) is 10.5. The number of hydrogen-bond acceptors (Lipinski definition) is 6. The van der Waals surface area contributed by atoms with E-state index in [0.717, 1.165) is 6.42 Å². The van der Waals surface area contributed by atoms with E-state index in [-0.39, 0.29) is 6.10 Å². The maximum Gasteiger partial charge on any atom is 0.197 e. The molecule has 186 valence electrons. The number of hydrogen-bond donors (Lipinski definition) is 1. The van der Waals surface area contributed by atoms with E-state index in [2.05, 4.69) is 25.9 Å². The van der Waals surface area contributed by atoms with Crippen molar-refractivity contribution in [2.75, 3.05) is 60.3 Å². The van der Waals surface area contributed by atoms with Crippen LogP contribution < -0.4 is 5.09 Å². The first kappa shape index (κ1) is 35.1. The molecule has 0 aliphatic carbocycles. The summed E-state index contributed by atoms with van der Waals surface area (Å²) in [4.78, 5) is 0. The summed E-state index contributed by atoms with van der Waals surface area (Å²) in [6, 6.07) is 0.348. The second kappa shape index (κ2) is 17.1. The minimum Gasteiger partial charge on any atom is -0.384 e. The van der Waals surface area contributed by atoms with Crippen molar-refractivity contribution in [2.45, 2.75) is 60.1 Å². The van der Waals surface area contributed by atoms with Crippen LogP contribution in [0, 0.1) is 11.8 Å². The summed E-state index contributed by atoms with van der Waals surface area (Å²) >= 11 is 0. The maximum atomic E-state index is 11.2. The predicted octanol–water partition coefficient (Wildman–Crippen LogP) is 6.32. The van der Waals surface area contributed by atoms with Gasteiger partial charge in [-0.1, -0.05) is 27.7 Å². The Bertz CT molecular complexity index is 553. The third-order valence-corrected chi connectivity index (χ3v) is 6.31. The van der Waals surface area contributed by atoms with Gasteiger partial charge in [0.25, 0.3) is 0 Å². The molecule has 10 heteroatoms. The lowest BCUT2D eigenvalue weighted by atomic mass is 10.1. The van der Waals surface area contributed by atoms with Crippen LogP contribution >= 0.6 is 22.0 Å². The van der Waals surface area contributed by atoms with Crippen LogP contribution in [0.5, 0.6) is 0 Å². The first-order chi connectivity index (χ1) is 13.2. The lowest BCUT2D eigenvalue weighted by Crippen LogP contribution is -2.27. The van der Waals surface area contributed by atoms with Gasteiger partial charge in [0.05, 0.1) is 19.3 Å². The highest BCUT2D eigenvalue weighted by molar-refractivity contribution is 7.60. The van der Waals surface area contributed by atoms with Crippen LogP contribution in [0.4, 0.5) is 0 Å². The van der Waals surface area contributed by atoms with Crippen LogP contribution in [-0.2, 0) is 27.5 Å². The summed E-state index contributed by atoms with van der Waals surface area (Å²) in [7, 11) is -4.92. The van der Waals surface area contributed by atoms with Crippen molar-refractivity contribution in [1.82, 2.24) is 5.09 Å². The molecule has 0 amide bonds. The molecule has 30 heavy (non-hydrogen) atoms. The third-order valence-electron chi connectivity index (χ3n) is 3.64. The molecule has 7 nitrogen and oxygen atoms in total. The average Bonchev–Trinajstić information content (AvgIpc) is 2.50. The van der Waals surface area contributed by atoms with Crippen LogP contribution in [0.25, 0.3) is 0 Å². The summed E-state index contributed by atoms with van der Waals surface area (Å²) in [6.45, 7) is 23.4. The molecule has 0 aliphatic heterocycles. The van der Waals surface area contributed by atoms with Gasteiger partial charge in [-0.3, -0.25) is 14.2 Å². The lowest BCUT2D eigenvalue weighted by molar-refractivity contribution is 0.128. The van der Waals surface area contributed by atoms with Crippen LogP contribution in [0.1, 0.15) is 48.0 Å². The monoisotopic (exact) mass is 493 g/mol. The molecule has 0 heterocycles. The van der Waals surface area contributed by atoms with E-state index in [1.165, 1.54) is 0 Å². The Balaban J connectivity index is -0.000000366. The number of methoxy groups -OCH3 is 1. The van der Waals surface area contributed by atoms with E-state index >= 15 is 0 Å². The smallest absolute Gasteiger partial charge is 0.197 e. The minimum atomic E-state index is -2.30. The lowest BCUT2D eigenvalue weighted by Gasteiger charge is -2.20. The molecule has 0 radical (unpaired) electrons. The molecule has 0 spiro atoms. The summed E-state index contributed by atoms with van der Waals surface area (Å²) in [6.07, 6.45) is 1.05. The Morgan fingerprint density at radius 3 is 1.47 bits per heavy atom. The van der Waals surface area contributed by atoms with Crippen molar-refractivity contribution in [3.05, 3.63) is 0 Å². The molecular weight excluding hydrogens is 443 g/mol. The highest BCUT2D eigenvalue weighted by atomic mass is 31.2. The van der Waals surface area contributed by atoms with Crippen LogP contribution in [0.3, 0.4) is 0 Å². The molecule has 0 aromatic heterocycles. The number of nitrogens with one attached hydrogen (secondary N) is 1. The SMILES string of the molecule is CC(C)C(C)NP(C)(C)=O.CCC(C)OP(C)(C)=O.COC[C@H](C)COP(C)(C)=O. The van der Waals surface area contributed by atoms with E-state index < -0.39 is 22.0 Å². The molecule has 0 aliphatic rings. The van der Waals surface area contributed by atoms with Gasteiger partial charge in [-0.05, 0) is 26.2 Å². The van der Waals surface area contributed by atoms with Crippen molar-refractivity contribution in [2.24, 2.45) is 11.8 Å². The predicted molar refractivity (Wildman–Crippen MR) is 134 cm³/mol. The molecular formula is C20H50NO6P3. The van der Waals surface area contributed by atoms with E-state index in [4.69, 9.17) is 13.8 Å². The Hall–Kier alpha value is 0.530. The Labute approximate surface area is 187 Å². The van der Waals surface area contributed by atoms with Gasteiger partial charge in [-0.25, -0.2) is 0 Å². The average molecular weight is 494 g/mol. The van der Waals surface area contributed by atoms with Gasteiger partial charge in [-0.15, -0.1) is 0 Å². The highest BCUT2D eigenvalue weighted by Gasteiger charge is 2.13. The second-order valence-electron chi connectivity index (χ2n) is 9.20. The highest BCUT2D eigenvalue weighted by Crippen LogP contribution is 2.39. The fourth-order valence-corrected chi connectivity index (χ4v) is 4.69. The van der Waals surface area contributed by atoms with Crippen molar-refractivity contribution in [1.29, 1.82) is 0 Å². The van der Waals surface area contributed by atoms with Crippen molar-refractivity contribution < 1.29 is 27.5 Å². The van der Waals surface area contributed by atoms with Crippen LogP contribution in [0.15, 0.2) is 0 Å². The van der Waals surface area contributed by atoms with E-state index in [0.29, 0.717) is 31.1 Å². The zero-order chi connectivity index (χ0) is 24.8. The summed E-state index contributed by atoms with van der Waals surface area (Å²) in [5, 5.41) is 3.07. The van der Waals surface area contributed by atoms with E-state index in [1.54, 1.807) is 47.1 Å². The second-order valence-corrected chi connectivity index (χ2v) is 17.6. The van der Waals surface area contributed by atoms with Gasteiger partial charge in [0.1, 0.15) is 7.29 Å². The molecule has 1 N–H and O–H groups in total. The van der Waals surface area contributed by atoms with Gasteiger partial charge in [0.15, 0.2) is 14.7 Å². The van der Waals surface area contributed by atoms with Gasteiger partial charge in [-0.2, -0.15) is 0 Å². The zero-order valence-electron chi connectivity index (χ0n) is 21.7. The summed E-state index contributed by atoms with van der Waals surface area (Å²) < 4.78 is 48.4. The number of ether oxygens (including phenoxy) is 1. The summed E-state index contributed by atoms with van der Waals surface area (Å²) in [5.41, 5.74) is 0.